The lowest BCUT2D eigenvalue weighted by atomic mass is 10.1. The number of carbonyl (C=O) groups is 2. The molecule has 1 heterocycles. The highest BCUT2D eigenvalue weighted by atomic mass is 32.2. The van der Waals surface area contributed by atoms with Gasteiger partial charge in [0.15, 0.2) is 0 Å². The Kier molecular flexibility index (Phi) is 5.81. The molecule has 1 aromatic carbocycles. The smallest absolute Gasteiger partial charge is 0.336 e. The molecule has 0 aliphatic heterocycles. The molecule has 0 aliphatic carbocycles. The first-order valence-electron chi connectivity index (χ1n) is 7.49. The fourth-order valence-electron chi connectivity index (χ4n) is 1.94. The average Bonchev–Trinajstić information content (AvgIpc) is 3.06. The van der Waals surface area contributed by atoms with Crippen LogP contribution in [0.2, 0.25) is 0 Å². The summed E-state index contributed by atoms with van der Waals surface area (Å²) in [5.41, 5.74) is 0.225. The summed E-state index contributed by atoms with van der Waals surface area (Å²) >= 11 is 0.801. The van der Waals surface area contributed by atoms with Crippen LogP contribution in [0.15, 0.2) is 39.9 Å². The average molecular weight is 382 g/mol. The maximum atomic E-state index is 12.5. The number of aromatic carboxylic acids is 1. The number of carboxylic acids is 1. The van der Waals surface area contributed by atoms with Gasteiger partial charge < -0.3 is 10.4 Å². The number of para-hydroxylation sites is 1. The molecule has 3 N–H and O–H groups in total. The highest BCUT2D eigenvalue weighted by Crippen LogP contribution is 2.25. The number of sulfonamides is 1. The first-order valence-corrected chi connectivity index (χ1v) is 9.85. The zero-order valence-electron chi connectivity index (χ0n) is 13.6. The monoisotopic (exact) mass is 382 g/mol. The normalized spacial score (nSPS) is 12.4. The lowest BCUT2D eigenvalue weighted by Gasteiger charge is -2.15. The predicted octanol–water partition coefficient (Wildman–Crippen LogP) is 2.78. The highest BCUT2D eigenvalue weighted by molar-refractivity contribution is 7.94. The molecule has 1 unspecified atom stereocenters. The van der Waals surface area contributed by atoms with Crippen LogP contribution < -0.4 is 10.0 Å². The van der Waals surface area contributed by atoms with E-state index >= 15 is 0 Å². The number of amides is 1. The van der Waals surface area contributed by atoms with Crippen LogP contribution in [0.3, 0.4) is 0 Å². The molecule has 1 aromatic heterocycles. The van der Waals surface area contributed by atoms with Crippen molar-refractivity contribution in [2.24, 2.45) is 0 Å². The summed E-state index contributed by atoms with van der Waals surface area (Å²) in [6, 6.07) is 7.28. The number of nitrogens with one attached hydrogen (secondary N) is 2. The van der Waals surface area contributed by atoms with Crippen molar-refractivity contribution in [2.75, 3.05) is 4.72 Å². The Hall–Kier alpha value is -2.39. The molecule has 0 radical (unpaired) electrons. The van der Waals surface area contributed by atoms with E-state index in [-0.39, 0.29) is 33.0 Å². The summed E-state index contributed by atoms with van der Waals surface area (Å²) < 4.78 is 27.2. The minimum absolute atomic E-state index is 0.0485. The number of benzene rings is 1. The fraction of sp³-hybridized carbons (Fsp3) is 0.250. The molecule has 2 aromatic rings. The SMILES string of the molecule is CCC(C)NC(=O)c1ccccc1NS(=O)(=O)c1cc(C(=O)O)cs1. The molecule has 0 bridgehead atoms. The van der Waals surface area contributed by atoms with Crippen LogP contribution in [0.1, 0.15) is 41.0 Å². The molecular formula is C16H18N2O5S2. The number of carboxylic acid groups (broad SMARTS) is 1. The van der Waals surface area contributed by atoms with Gasteiger partial charge in [-0.15, -0.1) is 11.3 Å². The van der Waals surface area contributed by atoms with E-state index in [2.05, 4.69) is 10.0 Å². The molecule has 9 heteroatoms. The molecule has 0 aliphatic rings. The molecule has 134 valence electrons. The summed E-state index contributed by atoms with van der Waals surface area (Å²) in [6.07, 6.45) is 0.743. The predicted molar refractivity (Wildman–Crippen MR) is 95.7 cm³/mol. The van der Waals surface area contributed by atoms with E-state index < -0.39 is 16.0 Å². The van der Waals surface area contributed by atoms with Crippen molar-refractivity contribution in [3.05, 3.63) is 46.8 Å². The number of hydrogen-bond acceptors (Lipinski definition) is 5. The van der Waals surface area contributed by atoms with Gasteiger partial charge in [0.05, 0.1) is 16.8 Å². The zero-order chi connectivity index (χ0) is 18.6. The Morgan fingerprint density at radius 1 is 1.28 bits per heavy atom. The number of rotatable bonds is 7. The second-order valence-electron chi connectivity index (χ2n) is 5.39. The van der Waals surface area contributed by atoms with Crippen molar-refractivity contribution in [1.29, 1.82) is 0 Å². The van der Waals surface area contributed by atoms with E-state index in [4.69, 9.17) is 5.11 Å². The van der Waals surface area contributed by atoms with Gasteiger partial charge in [-0.1, -0.05) is 19.1 Å². The summed E-state index contributed by atoms with van der Waals surface area (Å²) in [4.78, 5) is 23.2. The Morgan fingerprint density at radius 2 is 1.96 bits per heavy atom. The number of carbonyl (C=O) groups excluding carboxylic acids is 1. The first kappa shape index (κ1) is 18.9. The Bertz CT molecular complexity index is 889. The van der Waals surface area contributed by atoms with Gasteiger partial charge in [-0.2, -0.15) is 0 Å². The number of hydrogen-bond donors (Lipinski definition) is 3. The van der Waals surface area contributed by atoms with Gasteiger partial charge in [0, 0.05) is 11.4 Å². The van der Waals surface area contributed by atoms with E-state index in [0.717, 1.165) is 23.8 Å². The molecular weight excluding hydrogens is 364 g/mol. The van der Waals surface area contributed by atoms with E-state index in [0.29, 0.717) is 0 Å². The molecule has 1 amide bonds. The maximum Gasteiger partial charge on any atom is 0.336 e. The first-order chi connectivity index (χ1) is 11.7. The van der Waals surface area contributed by atoms with Gasteiger partial charge in [-0.25, -0.2) is 13.2 Å². The summed E-state index contributed by atoms with van der Waals surface area (Å²) in [6.45, 7) is 3.78. The standard InChI is InChI=1S/C16H18N2O5S2/c1-3-10(2)17-15(19)12-6-4-5-7-13(12)18-25(22,23)14-8-11(9-24-14)16(20)21/h4-10,18H,3H2,1-2H3,(H,17,19)(H,20,21). The van der Waals surface area contributed by atoms with Crippen LogP contribution in [0.25, 0.3) is 0 Å². The number of thiophene rings is 1. The largest absolute Gasteiger partial charge is 0.478 e. The zero-order valence-corrected chi connectivity index (χ0v) is 15.3. The summed E-state index contributed by atoms with van der Waals surface area (Å²) in [7, 11) is -3.99. The van der Waals surface area contributed by atoms with Gasteiger partial charge in [-0.05, 0) is 31.5 Å². The second-order valence-corrected chi connectivity index (χ2v) is 8.21. The van der Waals surface area contributed by atoms with Crippen LogP contribution in [0.5, 0.6) is 0 Å². The minimum Gasteiger partial charge on any atom is -0.478 e. The van der Waals surface area contributed by atoms with Gasteiger partial charge in [-0.3, -0.25) is 9.52 Å². The molecule has 0 saturated carbocycles. The third-order valence-electron chi connectivity index (χ3n) is 3.49. The highest BCUT2D eigenvalue weighted by Gasteiger charge is 2.22. The molecule has 0 saturated heterocycles. The van der Waals surface area contributed by atoms with Crippen molar-refractivity contribution in [2.45, 2.75) is 30.5 Å². The molecule has 7 nitrogen and oxygen atoms in total. The lowest BCUT2D eigenvalue weighted by molar-refractivity contribution is 0.0697. The van der Waals surface area contributed by atoms with Gasteiger partial charge in [0.25, 0.3) is 15.9 Å². The van der Waals surface area contributed by atoms with Gasteiger partial charge >= 0.3 is 5.97 Å². The molecule has 25 heavy (non-hydrogen) atoms. The Balaban J connectivity index is 2.30. The van der Waals surface area contributed by atoms with Crippen molar-refractivity contribution < 1.29 is 23.1 Å². The summed E-state index contributed by atoms with van der Waals surface area (Å²) in [5, 5.41) is 12.9. The van der Waals surface area contributed by atoms with Crippen LogP contribution >= 0.6 is 11.3 Å². The molecule has 0 fully saturated rings. The third kappa shape index (κ3) is 4.58. The number of anilines is 1. The van der Waals surface area contributed by atoms with Gasteiger partial charge in [0.2, 0.25) is 0 Å². The third-order valence-corrected chi connectivity index (χ3v) is 6.30. The topological polar surface area (TPSA) is 113 Å². The van der Waals surface area contributed by atoms with E-state index in [1.54, 1.807) is 12.1 Å². The fourth-order valence-corrected chi connectivity index (χ4v) is 4.17. The van der Waals surface area contributed by atoms with Gasteiger partial charge in [0.1, 0.15) is 4.21 Å². The quantitative estimate of drug-likeness (QED) is 0.681. The minimum atomic E-state index is -3.99. The maximum absolute atomic E-state index is 12.5. The molecule has 0 spiro atoms. The van der Waals surface area contributed by atoms with Crippen LogP contribution in [0.4, 0.5) is 5.69 Å². The van der Waals surface area contributed by atoms with E-state index in [1.165, 1.54) is 17.5 Å². The van der Waals surface area contributed by atoms with Crippen molar-refractivity contribution in [3.63, 3.8) is 0 Å². The summed E-state index contributed by atoms with van der Waals surface area (Å²) in [5.74, 6) is -1.59. The van der Waals surface area contributed by atoms with E-state index in [9.17, 15) is 18.0 Å². The van der Waals surface area contributed by atoms with Crippen LogP contribution in [-0.2, 0) is 10.0 Å². The van der Waals surface area contributed by atoms with Crippen molar-refractivity contribution in [1.82, 2.24) is 5.32 Å². The van der Waals surface area contributed by atoms with Crippen molar-refractivity contribution >= 4 is 38.9 Å². The van der Waals surface area contributed by atoms with Crippen LogP contribution in [0, 0.1) is 0 Å². The van der Waals surface area contributed by atoms with Crippen LogP contribution in [-0.4, -0.2) is 31.4 Å². The second kappa shape index (κ2) is 7.66. The van der Waals surface area contributed by atoms with E-state index in [1.807, 2.05) is 13.8 Å². The Labute approximate surface area is 149 Å². The molecule has 2 rings (SSSR count). The molecule has 1 atom stereocenters. The Morgan fingerprint density at radius 3 is 2.56 bits per heavy atom. The van der Waals surface area contributed by atoms with Crippen molar-refractivity contribution in [3.8, 4) is 0 Å². The lowest BCUT2D eigenvalue weighted by Crippen LogP contribution is -2.32.